The van der Waals surface area contributed by atoms with Gasteiger partial charge < -0.3 is 10.8 Å². The second-order valence-electron chi connectivity index (χ2n) is 4.59. The summed E-state index contributed by atoms with van der Waals surface area (Å²) < 4.78 is 0. The second kappa shape index (κ2) is 3.95. The average Bonchev–Trinajstić information content (AvgIpc) is 3.09. The summed E-state index contributed by atoms with van der Waals surface area (Å²) in [6.45, 7) is 2.36. The normalized spacial score (nSPS) is 19.9. The van der Waals surface area contributed by atoms with Gasteiger partial charge in [0.1, 0.15) is 0 Å². The van der Waals surface area contributed by atoms with Gasteiger partial charge in [-0.05, 0) is 30.4 Å². The molecule has 0 saturated heterocycles. The molecular formula is C13H19NO. The van der Waals surface area contributed by atoms with Gasteiger partial charge in [-0.25, -0.2) is 0 Å². The average molecular weight is 205 g/mol. The molecule has 2 nitrogen and oxygen atoms in total. The Bertz CT molecular complexity index is 327. The lowest BCUT2D eigenvalue weighted by Crippen LogP contribution is -2.25. The third-order valence-electron chi connectivity index (χ3n) is 3.61. The topological polar surface area (TPSA) is 46.2 Å². The Balaban J connectivity index is 2.15. The Kier molecular flexibility index (Phi) is 2.81. The highest BCUT2D eigenvalue weighted by atomic mass is 16.3. The number of benzene rings is 1. The summed E-state index contributed by atoms with van der Waals surface area (Å²) in [5, 5.41) is 9.31. The molecule has 0 radical (unpaired) electrons. The quantitative estimate of drug-likeness (QED) is 0.790. The van der Waals surface area contributed by atoms with Crippen LogP contribution in [0.15, 0.2) is 24.3 Å². The number of aliphatic hydroxyl groups excluding tert-OH is 1. The number of rotatable bonds is 4. The number of aliphatic hydroxyl groups is 1. The zero-order valence-electron chi connectivity index (χ0n) is 9.24. The fourth-order valence-corrected chi connectivity index (χ4v) is 2.04. The summed E-state index contributed by atoms with van der Waals surface area (Å²) >= 11 is 0. The van der Waals surface area contributed by atoms with Gasteiger partial charge in [-0.3, -0.25) is 0 Å². The molecule has 2 rings (SSSR count). The van der Waals surface area contributed by atoms with Crippen molar-refractivity contribution in [3.63, 3.8) is 0 Å². The van der Waals surface area contributed by atoms with Crippen LogP contribution in [0.3, 0.4) is 0 Å². The maximum atomic E-state index is 9.31. The van der Waals surface area contributed by atoms with Crippen LogP contribution in [0.4, 0.5) is 0 Å². The van der Waals surface area contributed by atoms with Gasteiger partial charge in [0.25, 0.3) is 0 Å². The molecule has 1 unspecified atom stereocenters. The number of hydrogen-bond acceptors (Lipinski definition) is 2. The first-order valence-corrected chi connectivity index (χ1v) is 5.67. The summed E-state index contributed by atoms with van der Waals surface area (Å²) in [5.41, 5.74) is 8.64. The summed E-state index contributed by atoms with van der Waals surface area (Å²) in [6.07, 6.45) is 3.17. The Morgan fingerprint density at radius 2 is 1.93 bits per heavy atom. The molecule has 2 heteroatoms. The van der Waals surface area contributed by atoms with E-state index in [-0.39, 0.29) is 18.1 Å². The molecule has 1 atom stereocenters. The lowest BCUT2D eigenvalue weighted by atomic mass is 9.91. The first-order valence-electron chi connectivity index (χ1n) is 5.67. The van der Waals surface area contributed by atoms with E-state index in [0.717, 1.165) is 24.8 Å². The fraction of sp³-hybridized carbons (Fsp3) is 0.538. The lowest BCUT2D eigenvalue weighted by Gasteiger charge is -2.21. The minimum Gasteiger partial charge on any atom is -0.396 e. The van der Waals surface area contributed by atoms with Gasteiger partial charge in [-0.15, -0.1) is 0 Å². The van der Waals surface area contributed by atoms with Crippen LogP contribution in [0.25, 0.3) is 0 Å². The molecule has 1 fully saturated rings. The van der Waals surface area contributed by atoms with Crippen molar-refractivity contribution < 1.29 is 5.11 Å². The molecule has 1 aliphatic rings. The van der Waals surface area contributed by atoms with Crippen molar-refractivity contribution in [3.8, 4) is 0 Å². The van der Waals surface area contributed by atoms with Gasteiger partial charge in [0.15, 0.2) is 0 Å². The van der Waals surface area contributed by atoms with E-state index in [9.17, 15) is 5.11 Å². The van der Waals surface area contributed by atoms with E-state index < -0.39 is 0 Å². The lowest BCUT2D eigenvalue weighted by molar-refractivity contribution is 0.188. The van der Waals surface area contributed by atoms with E-state index in [1.54, 1.807) is 0 Å². The number of nitrogens with two attached hydrogens (primary N) is 1. The molecule has 1 aromatic carbocycles. The third kappa shape index (κ3) is 1.92. The van der Waals surface area contributed by atoms with Crippen molar-refractivity contribution in [1.82, 2.24) is 0 Å². The SMILES string of the molecule is CCc1ccc(C(N)C2(CO)CC2)cc1. The fourth-order valence-electron chi connectivity index (χ4n) is 2.04. The molecule has 82 valence electrons. The first-order chi connectivity index (χ1) is 7.22. The van der Waals surface area contributed by atoms with E-state index >= 15 is 0 Å². The van der Waals surface area contributed by atoms with E-state index in [1.165, 1.54) is 5.56 Å². The van der Waals surface area contributed by atoms with Gasteiger partial charge in [-0.1, -0.05) is 31.2 Å². The van der Waals surface area contributed by atoms with Gasteiger partial charge in [0, 0.05) is 11.5 Å². The van der Waals surface area contributed by atoms with Crippen molar-refractivity contribution in [2.45, 2.75) is 32.2 Å². The Morgan fingerprint density at radius 3 is 2.33 bits per heavy atom. The largest absolute Gasteiger partial charge is 0.396 e. The highest BCUT2D eigenvalue weighted by molar-refractivity contribution is 5.27. The summed E-state index contributed by atoms with van der Waals surface area (Å²) in [6, 6.07) is 8.44. The van der Waals surface area contributed by atoms with Gasteiger partial charge in [0.2, 0.25) is 0 Å². The molecule has 1 aliphatic carbocycles. The first kappa shape index (κ1) is 10.7. The van der Waals surface area contributed by atoms with Crippen LogP contribution in [-0.2, 0) is 6.42 Å². The van der Waals surface area contributed by atoms with Gasteiger partial charge >= 0.3 is 0 Å². The smallest absolute Gasteiger partial charge is 0.0505 e. The van der Waals surface area contributed by atoms with Crippen molar-refractivity contribution in [3.05, 3.63) is 35.4 Å². The molecule has 15 heavy (non-hydrogen) atoms. The van der Waals surface area contributed by atoms with E-state index in [2.05, 4.69) is 31.2 Å². The van der Waals surface area contributed by atoms with E-state index in [0.29, 0.717) is 0 Å². The summed E-state index contributed by atoms with van der Waals surface area (Å²) in [4.78, 5) is 0. The molecule has 0 amide bonds. The van der Waals surface area contributed by atoms with Crippen molar-refractivity contribution >= 4 is 0 Å². The molecule has 3 N–H and O–H groups in total. The Hall–Kier alpha value is -0.860. The van der Waals surface area contributed by atoms with Crippen LogP contribution in [0.2, 0.25) is 0 Å². The Labute approximate surface area is 91.1 Å². The predicted octanol–water partition coefficient (Wildman–Crippen LogP) is 2.02. The van der Waals surface area contributed by atoms with Crippen LogP contribution in [0.5, 0.6) is 0 Å². The predicted molar refractivity (Wildman–Crippen MR) is 61.5 cm³/mol. The molecule has 1 aromatic rings. The van der Waals surface area contributed by atoms with Crippen LogP contribution in [-0.4, -0.2) is 11.7 Å². The van der Waals surface area contributed by atoms with Crippen molar-refractivity contribution in [1.29, 1.82) is 0 Å². The molecule has 0 aliphatic heterocycles. The number of hydrogen-bond donors (Lipinski definition) is 2. The summed E-state index contributed by atoms with van der Waals surface area (Å²) in [5.74, 6) is 0. The van der Waals surface area contributed by atoms with E-state index in [1.807, 2.05) is 0 Å². The molecule has 0 heterocycles. The minimum atomic E-state index is -0.0201. The van der Waals surface area contributed by atoms with Gasteiger partial charge in [-0.2, -0.15) is 0 Å². The van der Waals surface area contributed by atoms with Crippen molar-refractivity contribution in [2.75, 3.05) is 6.61 Å². The zero-order valence-corrected chi connectivity index (χ0v) is 9.24. The molecule has 0 bridgehead atoms. The van der Waals surface area contributed by atoms with Crippen molar-refractivity contribution in [2.24, 2.45) is 11.1 Å². The molecule has 0 spiro atoms. The standard InChI is InChI=1S/C13H19NO/c1-2-10-3-5-11(6-4-10)12(14)13(9-15)7-8-13/h3-6,12,15H,2,7-9,14H2,1H3. The van der Waals surface area contributed by atoms with Gasteiger partial charge in [0.05, 0.1) is 6.61 Å². The molecule has 1 saturated carbocycles. The molecule has 0 aromatic heterocycles. The van der Waals surface area contributed by atoms with E-state index in [4.69, 9.17) is 5.73 Å². The maximum absolute atomic E-state index is 9.31. The highest BCUT2D eigenvalue weighted by Gasteiger charge is 2.47. The number of aryl methyl sites for hydroxylation is 1. The van der Waals surface area contributed by atoms with Crippen LogP contribution < -0.4 is 5.73 Å². The minimum absolute atomic E-state index is 0.00611. The van der Waals surface area contributed by atoms with Crippen LogP contribution >= 0.6 is 0 Å². The highest BCUT2D eigenvalue weighted by Crippen LogP contribution is 2.53. The third-order valence-corrected chi connectivity index (χ3v) is 3.61. The molecular weight excluding hydrogens is 186 g/mol. The van der Waals surface area contributed by atoms with Crippen LogP contribution in [0.1, 0.15) is 36.9 Å². The summed E-state index contributed by atoms with van der Waals surface area (Å²) in [7, 11) is 0. The second-order valence-corrected chi connectivity index (χ2v) is 4.59. The monoisotopic (exact) mass is 205 g/mol. The Morgan fingerprint density at radius 1 is 1.33 bits per heavy atom. The van der Waals surface area contributed by atoms with Crippen LogP contribution in [0, 0.1) is 5.41 Å². The maximum Gasteiger partial charge on any atom is 0.0505 e. The zero-order chi connectivity index (χ0) is 10.9.